The van der Waals surface area contributed by atoms with Crippen molar-refractivity contribution in [1.82, 2.24) is 16.3 Å². The number of hydrazine groups is 3. The molecule has 0 saturated carbocycles. The normalized spacial score (nSPS) is 10.4. The molecule has 216 valence electrons. The molecule has 4 aromatic carbocycles. The van der Waals surface area contributed by atoms with Gasteiger partial charge in [-0.2, -0.15) is 0 Å². The zero-order valence-corrected chi connectivity index (χ0v) is 23.1. The summed E-state index contributed by atoms with van der Waals surface area (Å²) in [7, 11) is 4.39. The monoisotopic (exact) mass is 570 g/mol. The summed E-state index contributed by atoms with van der Waals surface area (Å²) in [5, 5.41) is 0. The molecule has 9 N–H and O–H groups in total. The first kappa shape index (κ1) is 29.6. The molecule has 0 heterocycles. The second-order valence-electron chi connectivity index (χ2n) is 8.96. The Morgan fingerprint density at radius 3 is 0.929 bits per heavy atom. The van der Waals surface area contributed by atoms with Crippen molar-refractivity contribution >= 4 is 17.7 Å². The van der Waals surface area contributed by atoms with Crippen LogP contribution in [0.2, 0.25) is 0 Å². The second kappa shape index (κ2) is 12.8. The Hall–Kier alpha value is -5.43. The summed E-state index contributed by atoms with van der Waals surface area (Å²) in [6, 6.07) is 21.2. The van der Waals surface area contributed by atoms with Crippen LogP contribution >= 0.6 is 0 Å². The van der Waals surface area contributed by atoms with Crippen molar-refractivity contribution in [2.75, 3.05) is 21.3 Å². The van der Waals surface area contributed by atoms with E-state index >= 15 is 0 Å². The quantitative estimate of drug-likeness (QED) is 0.0996. The lowest BCUT2D eigenvalue weighted by Crippen LogP contribution is -2.30. The summed E-state index contributed by atoms with van der Waals surface area (Å²) in [4.78, 5) is 36.7. The predicted molar refractivity (Wildman–Crippen MR) is 157 cm³/mol. The molecule has 0 spiro atoms. The molecule has 12 heteroatoms. The van der Waals surface area contributed by atoms with Crippen molar-refractivity contribution in [1.29, 1.82) is 0 Å². The molecular weight excluding hydrogens is 540 g/mol. The number of nitrogens with two attached hydrogens (primary N) is 3. The Kier molecular flexibility index (Phi) is 9.02. The highest BCUT2D eigenvalue weighted by Crippen LogP contribution is 2.37. The summed E-state index contributed by atoms with van der Waals surface area (Å²) in [5.41, 5.74) is 11.8. The number of benzene rings is 4. The number of carbonyl (C=O) groups is 3. The van der Waals surface area contributed by atoms with Crippen LogP contribution in [-0.4, -0.2) is 39.1 Å². The first-order valence-corrected chi connectivity index (χ1v) is 12.5. The van der Waals surface area contributed by atoms with Crippen LogP contribution < -0.4 is 48.0 Å². The molecule has 0 radical (unpaired) electrons. The van der Waals surface area contributed by atoms with Crippen molar-refractivity contribution < 1.29 is 28.6 Å². The third-order valence-electron chi connectivity index (χ3n) is 6.66. The van der Waals surface area contributed by atoms with E-state index < -0.39 is 17.7 Å². The maximum Gasteiger partial charge on any atom is 0.268 e. The second-order valence-corrected chi connectivity index (χ2v) is 8.96. The van der Waals surface area contributed by atoms with Crippen LogP contribution in [0.1, 0.15) is 31.1 Å². The third-order valence-corrected chi connectivity index (χ3v) is 6.66. The fourth-order valence-electron chi connectivity index (χ4n) is 4.54. The minimum absolute atomic E-state index is 0.275. The van der Waals surface area contributed by atoms with Gasteiger partial charge < -0.3 is 14.2 Å². The predicted octanol–water partition coefficient (Wildman–Crippen LogP) is 2.52. The van der Waals surface area contributed by atoms with Crippen LogP contribution in [0.4, 0.5) is 0 Å². The number of carbonyl (C=O) groups excluding carboxylic acids is 3. The average Bonchev–Trinajstić information content (AvgIpc) is 3.05. The van der Waals surface area contributed by atoms with Crippen LogP contribution in [0.15, 0.2) is 72.8 Å². The van der Waals surface area contributed by atoms with E-state index in [1.807, 2.05) is 18.2 Å². The molecule has 3 amide bonds. The van der Waals surface area contributed by atoms with Gasteiger partial charge in [0.25, 0.3) is 17.7 Å². The molecule has 0 unspecified atom stereocenters. The Labute approximate surface area is 241 Å². The van der Waals surface area contributed by atoms with E-state index in [1.54, 1.807) is 54.6 Å². The molecule has 0 saturated heterocycles. The van der Waals surface area contributed by atoms with Gasteiger partial charge in [-0.15, -0.1) is 0 Å². The van der Waals surface area contributed by atoms with Crippen molar-refractivity contribution in [3.63, 3.8) is 0 Å². The van der Waals surface area contributed by atoms with Crippen LogP contribution in [0, 0.1) is 0 Å². The molecule has 0 bridgehead atoms. The molecule has 0 aromatic heterocycles. The number of nitrogen functional groups attached to an aromatic ring is 3. The first-order chi connectivity index (χ1) is 20.3. The number of hydrogen-bond donors (Lipinski definition) is 6. The van der Waals surface area contributed by atoms with Crippen molar-refractivity contribution in [3.05, 3.63) is 89.5 Å². The molecule has 42 heavy (non-hydrogen) atoms. The molecule has 0 fully saturated rings. The first-order valence-electron chi connectivity index (χ1n) is 12.5. The Bertz CT molecular complexity index is 1470. The van der Waals surface area contributed by atoms with Gasteiger partial charge in [0.2, 0.25) is 0 Å². The van der Waals surface area contributed by atoms with Crippen molar-refractivity contribution in [2.45, 2.75) is 0 Å². The summed E-state index contributed by atoms with van der Waals surface area (Å²) in [5.74, 6) is 15.5. The highest BCUT2D eigenvalue weighted by molar-refractivity contribution is 5.99. The van der Waals surface area contributed by atoms with Crippen molar-refractivity contribution in [2.24, 2.45) is 17.5 Å². The van der Waals surface area contributed by atoms with Gasteiger partial charge in [0.1, 0.15) is 17.2 Å². The largest absolute Gasteiger partial charge is 0.496 e. The zero-order chi connectivity index (χ0) is 30.4. The van der Waals surface area contributed by atoms with E-state index in [0.717, 1.165) is 33.4 Å². The third kappa shape index (κ3) is 5.86. The molecule has 4 rings (SSSR count). The summed E-state index contributed by atoms with van der Waals surface area (Å²) in [6.07, 6.45) is 0. The van der Waals surface area contributed by atoms with E-state index in [9.17, 15) is 14.4 Å². The maximum absolute atomic E-state index is 12.2. The fraction of sp³-hybridized carbons (Fsp3) is 0.100. The summed E-state index contributed by atoms with van der Waals surface area (Å²) < 4.78 is 16.4. The number of ether oxygens (including phenoxy) is 3. The average molecular weight is 571 g/mol. The molecule has 0 atom stereocenters. The van der Waals surface area contributed by atoms with Crippen LogP contribution in [0.25, 0.3) is 33.4 Å². The van der Waals surface area contributed by atoms with Gasteiger partial charge in [0.05, 0.1) is 38.0 Å². The zero-order valence-electron chi connectivity index (χ0n) is 23.1. The molecule has 4 aromatic rings. The molecular formula is C30H30N6O6. The van der Waals surface area contributed by atoms with E-state index in [0.29, 0.717) is 17.2 Å². The van der Waals surface area contributed by atoms with Gasteiger partial charge in [-0.05, 0) is 88.0 Å². The maximum atomic E-state index is 12.2. The van der Waals surface area contributed by atoms with Crippen LogP contribution in [0.5, 0.6) is 17.2 Å². The summed E-state index contributed by atoms with van der Waals surface area (Å²) in [6.45, 7) is 0. The minimum Gasteiger partial charge on any atom is -0.496 e. The van der Waals surface area contributed by atoms with E-state index in [4.69, 9.17) is 31.7 Å². The highest BCUT2D eigenvalue weighted by atomic mass is 16.5. The lowest BCUT2D eigenvalue weighted by atomic mass is 9.92. The van der Waals surface area contributed by atoms with Gasteiger partial charge in [-0.3, -0.25) is 30.7 Å². The lowest BCUT2D eigenvalue weighted by Gasteiger charge is -2.15. The van der Waals surface area contributed by atoms with Gasteiger partial charge in [-0.25, -0.2) is 17.5 Å². The minimum atomic E-state index is -0.491. The number of amides is 3. The van der Waals surface area contributed by atoms with Crippen molar-refractivity contribution in [3.8, 4) is 50.6 Å². The molecule has 0 aliphatic heterocycles. The summed E-state index contributed by atoms with van der Waals surface area (Å²) >= 11 is 0. The molecule has 0 aliphatic rings. The van der Waals surface area contributed by atoms with Gasteiger partial charge in [0.15, 0.2) is 0 Å². The lowest BCUT2D eigenvalue weighted by molar-refractivity contribution is 0.0942. The van der Waals surface area contributed by atoms with E-state index in [-0.39, 0.29) is 16.7 Å². The van der Waals surface area contributed by atoms with E-state index in [1.165, 1.54) is 21.3 Å². The Balaban J connectivity index is 1.94. The number of nitrogens with one attached hydrogen (secondary N) is 3. The number of hydrogen-bond acceptors (Lipinski definition) is 9. The van der Waals surface area contributed by atoms with Gasteiger partial charge in [-0.1, -0.05) is 18.2 Å². The molecule has 0 aliphatic carbocycles. The van der Waals surface area contributed by atoms with Gasteiger partial charge in [0, 0.05) is 0 Å². The highest BCUT2D eigenvalue weighted by Gasteiger charge is 2.17. The number of methoxy groups -OCH3 is 3. The Morgan fingerprint density at radius 2 is 0.714 bits per heavy atom. The Morgan fingerprint density at radius 1 is 0.452 bits per heavy atom. The van der Waals surface area contributed by atoms with Crippen LogP contribution in [0.3, 0.4) is 0 Å². The fourth-order valence-corrected chi connectivity index (χ4v) is 4.54. The smallest absolute Gasteiger partial charge is 0.268 e. The molecule has 12 nitrogen and oxygen atoms in total. The van der Waals surface area contributed by atoms with Gasteiger partial charge >= 0.3 is 0 Å². The van der Waals surface area contributed by atoms with Crippen LogP contribution in [-0.2, 0) is 0 Å². The SMILES string of the molecule is COc1cc(-c2cc(-c3ccc(C(=O)NN)c(OC)c3)cc(-c3ccc(C(=O)NN)c(OC)c3)c2)ccc1C(=O)NN. The van der Waals surface area contributed by atoms with E-state index in [2.05, 4.69) is 16.3 Å². The standard InChI is InChI=1S/C30H30N6O6/c1-40-25-13-16(4-7-22(25)28(37)34-31)19-10-20(17-5-8-23(29(38)35-32)26(14-17)41-2)12-21(11-19)18-6-9-24(30(39)36-33)27(15-18)42-3/h4-15H,31-33H2,1-3H3,(H,34,37)(H,35,38)(H,36,39). The topological polar surface area (TPSA) is 193 Å². The number of rotatable bonds is 9.